The van der Waals surface area contributed by atoms with Gasteiger partial charge in [-0.1, -0.05) is 170 Å². The van der Waals surface area contributed by atoms with Crippen LogP contribution in [0.1, 0.15) is 0 Å². The van der Waals surface area contributed by atoms with Crippen molar-refractivity contribution in [2.75, 3.05) is 4.90 Å². The molecule has 0 bridgehead atoms. The highest BCUT2D eigenvalue weighted by molar-refractivity contribution is 7.26. The first-order chi connectivity index (χ1) is 30.3. The molecule has 61 heavy (non-hydrogen) atoms. The van der Waals surface area contributed by atoms with E-state index in [4.69, 9.17) is 0 Å². The third-order valence-electron chi connectivity index (χ3n) is 12.2. The number of fused-ring (bicyclic) bond motifs is 8. The highest BCUT2D eigenvalue weighted by Gasteiger charge is 2.20. The first kappa shape index (κ1) is 35.2. The average molecular weight is 795 g/mol. The maximum atomic E-state index is 2.44. The first-order valence-corrected chi connectivity index (χ1v) is 21.7. The van der Waals surface area contributed by atoms with Crippen LogP contribution in [0.4, 0.5) is 17.1 Å². The second-order valence-corrected chi connectivity index (χ2v) is 16.8. The molecule has 2 nitrogen and oxygen atoms in total. The Morgan fingerprint density at radius 3 is 1.69 bits per heavy atom. The van der Waals surface area contributed by atoms with Gasteiger partial charge < -0.3 is 9.47 Å². The monoisotopic (exact) mass is 794 g/mol. The van der Waals surface area contributed by atoms with Crippen LogP contribution in [0.2, 0.25) is 0 Å². The van der Waals surface area contributed by atoms with Gasteiger partial charge in [0.05, 0.1) is 16.7 Å². The number of anilines is 3. The predicted octanol–water partition coefficient (Wildman–Crippen LogP) is 16.8. The molecule has 0 saturated heterocycles. The summed E-state index contributed by atoms with van der Waals surface area (Å²) in [6.07, 6.45) is 0. The molecule has 0 radical (unpaired) electrons. The molecule has 2 heterocycles. The molecule has 0 atom stereocenters. The van der Waals surface area contributed by atoms with Crippen molar-refractivity contribution >= 4 is 81.1 Å². The third kappa shape index (κ3) is 5.93. The zero-order chi connectivity index (χ0) is 40.3. The van der Waals surface area contributed by atoms with Crippen LogP contribution < -0.4 is 4.90 Å². The number of thiophene rings is 1. The second-order valence-electron chi connectivity index (χ2n) is 15.7. The van der Waals surface area contributed by atoms with Gasteiger partial charge in [0.25, 0.3) is 0 Å². The normalized spacial score (nSPS) is 11.6. The van der Waals surface area contributed by atoms with Gasteiger partial charge in [-0.25, -0.2) is 0 Å². The van der Waals surface area contributed by atoms with Crippen molar-refractivity contribution in [3.05, 3.63) is 231 Å². The summed E-state index contributed by atoms with van der Waals surface area (Å²) in [5.74, 6) is 0. The number of aromatic nitrogens is 1. The fourth-order valence-corrected chi connectivity index (χ4v) is 10.5. The highest BCUT2D eigenvalue weighted by atomic mass is 32.1. The molecular weight excluding hydrogens is 757 g/mol. The molecule has 12 aromatic rings. The van der Waals surface area contributed by atoms with Crippen LogP contribution >= 0.6 is 11.3 Å². The summed E-state index contributed by atoms with van der Waals surface area (Å²) in [6, 6.07) is 84.1. The molecule has 2 aromatic heterocycles. The molecule has 286 valence electrons. The number of para-hydroxylation sites is 1. The molecule has 12 rings (SSSR count). The smallest absolute Gasteiger partial charge is 0.0619 e. The van der Waals surface area contributed by atoms with Crippen LogP contribution in [0.3, 0.4) is 0 Å². The maximum absolute atomic E-state index is 2.44. The average Bonchev–Trinajstić information content (AvgIpc) is 3.89. The largest absolute Gasteiger partial charge is 0.310 e. The number of hydrogen-bond donors (Lipinski definition) is 0. The van der Waals surface area contributed by atoms with Crippen molar-refractivity contribution < 1.29 is 0 Å². The van der Waals surface area contributed by atoms with Crippen LogP contribution in [0, 0.1) is 0 Å². The number of nitrogens with zero attached hydrogens (tertiary/aromatic N) is 2. The quantitative estimate of drug-likeness (QED) is 0.156. The lowest BCUT2D eigenvalue weighted by Crippen LogP contribution is -2.10. The van der Waals surface area contributed by atoms with Crippen LogP contribution in [0.25, 0.3) is 91.8 Å². The summed E-state index contributed by atoms with van der Waals surface area (Å²) >= 11 is 1.86. The van der Waals surface area contributed by atoms with E-state index in [1.54, 1.807) is 0 Å². The minimum Gasteiger partial charge on any atom is -0.310 e. The molecule has 0 aliphatic heterocycles. The van der Waals surface area contributed by atoms with E-state index in [2.05, 4.69) is 240 Å². The van der Waals surface area contributed by atoms with Crippen LogP contribution in [-0.2, 0) is 0 Å². The summed E-state index contributed by atoms with van der Waals surface area (Å²) in [5, 5.41) is 7.57. The van der Waals surface area contributed by atoms with E-state index < -0.39 is 0 Å². The van der Waals surface area contributed by atoms with Crippen LogP contribution in [0.15, 0.2) is 231 Å². The molecule has 0 N–H and O–H groups in total. The molecule has 0 spiro atoms. The van der Waals surface area contributed by atoms with E-state index in [0.717, 1.165) is 17.1 Å². The minimum absolute atomic E-state index is 1.11. The van der Waals surface area contributed by atoms with Crippen molar-refractivity contribution in [1.82, 2.24) is 4.57 Å². The van der Waals surface area contributed by atoms with Crippen LogP contribution in [0.5, 0.6) is 0 Å². The third-order valence-corrected chi connectivity index (χ3v) is 13.3. The molecule has 10 aromatic carbocycles. The number of hydrogen-bond acceptors (Lipinski definition) is 2. The molecular formula is C58H38N2S. The van der Waals surface area contributed by atoms with Gasteiger partial charge in [0, 0.05) is 53.4 Å². The fourth-order valence-electron chi connectivity index (χ4n) is 9.37. The second kappa shape index (κ2) is 14.5. The van der Waals surface area contributed by atoms with E-state index in [0.29, 0.717) is 0 Å². The predicted molar refractivity (Wildman–Crippen MR) is 262 cm³/mol. The van der Waals surface area contributed by atoms with E-state index in [1.807, 2.05) is 11.3 Å². The summed E-state index contributed by atoms with van der Waals surface area (Å²) in [7, 11) is 0. The summed E-state index contributed by atoms with van der Waals surface area (Å²) < 4.78 is 5.02. The van der Waals surface area contributed by atoms with Crippen molar-refractivity contribution in [3.8, 4) is 39.1 Å². The Kier molecular flexibility index (Phi) is 8.39. The van der Waals surface area contributed by atoms with Gasteiger partial charge in [-0.2, -0.15) is 0 Å². The molecule has 3 heteroatoms. The lowest BCUT2D eigenvalue weighted by molar-refractivity contribution is 1.19. The van der Waals surface area contributed by atoms with E-state index >= 15 is 0 Å². The summed E-state index contributed by atoms with van der Waals surface area (Å²) in [6.45, 7) is 0. The summed E-state index contributed by atoms with van der Waals surface area (Å²) in [5.41, 5.74) is 14.2. The zero-order valence-corrected chi connectivity index (χ0v) is 34.1. The van der Waals surface area contributed by atoms with Gasteiger partial charge in [0.2, 0.25) is 0 Å². The van der Waals surface area contributed by atoms with E-state index in [-0.39, 0.29) is 0 Å². The number of benzene rings is 10. The Bertz CT molecular complexity index is 3560. The van der Waals surface area contributed by atoms with Crippen LogP contribution in [-0.4, -0.2) is 4.57 Å². The lowest BCUT2D eigenvalue weighted by atomic mass is 9.94. The standard InChI is InChI=1S/C58H38N2S/c1-3-14-40(15-4-1)47-19-9-10-20-48(47)42-28-34-46(35-29-42)59(53-23-13-25-56-57(53)52-22-11-12-24-55(52)61-56)45-32-26-39(27-33-45)43-31-36-50-51-37-30-41-16-7-8-21-49(41)58(51)60(54(50)38-43)44-17-5-2-6-18-44/h1-38H. The Hall–Kier alpha value is -7.72. The molecule has 0 saturated carbocycles. The van der Waals surface area contributed by atoms with Gasteiger partial charge in [0.15, 0.2) is 0 Å². The molecule has 0 unspecified atom stereocenters. The Morgan fingerprint density at radius 1 is 0.361 bits per heavy atom. The topological polar surface area (TPSA) is 8.17 Å². The molecule has 0 aliphatic carbocycles. The van der Waals surface area contributed by atoms with Gasteiger partial charge in [-0.15, -0.1) is 11.3 Å². The minimum atomic E-state index is 1.11. The fraction of sp³-hybridized carbons (Fsp3) is 0. The van der Waals surface area contributed by atoms with Crippen molar-refractivity contribution in [2.45, 2.75) is 0 Å². The molecule has 0 fully saturated rings. The molecule has 0 amide bonds. The zero-order valence-electron chi connectivity index (χ0n) is 33.2. The summed E-state index contributed by atoms with van der Waals surface area (Å²) in [4.78, 5) is 2.43. The highest BCUT2D eigenvalue weighted by Crippen LogP contribution is 2.46. The van der Waals surface area contributed by atoms with Crippen molar-refractivity contribution in [2.24, 2.45) is 0 Å². The van der Waals surface area contributed by atoms with Gasteiger partial charge in [-0.05, 0) is 99.4 Å². The first-order valence-electron chi connectivity index (χ1n) is 20.8. The SMILES string of the molecule is c1ccc(-c2ccccc2-c2ccc(N(c3ccc(-c4ccc5c6ccc7ccccc7c6n(-c6ccccc6)c5c4)cc3)c3cccc4sc5ccccc5c34)cc2)cc1. The van der Waals surface area contributed by atoms with Gasteiger partial charge >= 0.3 is 0 Å². The van der Waals surface area contributed by atoms with Crippen molar-refractivity contribution in [1.29, 1.82) is 0 Å². The van der Waals surface area contributed by atoms with Gasteiger partial charge in [-0.3, -0.25) is 0 Å². The number of rotatable bonds is 7. The Balaban J connectivity index is 0.996. The lowest BCUT2D eigenvalue weighted by Gasteiger charge is -2.27. The van der Waals surface area contributed by atoms with Crippen molar-refractivity contribution in [3.63, 3.8) is 0 Å². The Labute approximate surface area is 358 Å². The van der Waals surface area contributed by atoms with Gasteiger partial charge in [0.1, 0.15) is 0 Å². The van der Waals surface area contributed by atoms with E-state index in [1.165, 1.54) is 91.8 Å². The Morgan fingerprint density at radius 2 is 0.934 bits per heavy atom. The van der Waals surface area contributed by atoms with E-state index in [9.17, 15) is 0 Å². The molecule has 0 aliphatic rings. The maximum Gasteiger partial charge on any atom is 0.0619 e.